The molecule has 0 aliphatic carbocycles. The van der Waals surface area contributed by atoms with Crippen molar-refractivity contribution in [2.24, 2.45) is 0 Å². The molecule has 1 spiro atoms. The molecule has 2 amide bonds. The molecule has 0 unspecified atom stereocenters. The summed E-state index contributed by atoms with van der Waals surface area (Å²) in [6.45, 7) is 7.95. The van der Waals surface area contributed by atoms with Crippen molar-refractivity contribution in [3.63, 3.8) is 0 Å². The van der Waals surface area contributed by atoms with Gasteiger partial charge in [0.1, 0.15) is 0 Å². The summed E-state index contributed by atoms with van der Waals surface area (Å²) in [6.07, 6.45) is 4.85. The average molecular weight is 540 g/mol. The third-order valence-corrected chi connectivity index (χ3v) is 9.71. The van der Waals surface area contributed by atoms with Gasteiger partial charge in [-0.3, -0.25) is 4.79 Å². The van der Waals surface area contributed by atoms with Crippen molar-refractivity contribution in [3.8, 4) is 11.1 Å². The van der Waals surface area contributed by atoms with E-state index in [1.54, 1.807) is 19.1 Å². The minimum absolute atomic E-state index is 0.0575. The molecule has 0 saturated carbocycles. The minimum atomic E-state index is -3.25. The number of sulfone groups is 1. The lowest BCUT2D eigenvalue weighted by molar-refractivity contribution is -0.116. The van der Waals surface area contributed by atoms with Gasteiger partial charge in [0.2, 0.25) is 5.91 Å². The highest BCUT2D eigenvalue weighted by molar-refractivity contribution is 7.90. The van der Waals surface area contributed by atoms with Gasteiger partial charge in [0, 0.05) is 50.0 Å². The molecule has 3 aliphatic rings. The highest BCUT2D eigenvalue weighted by atomic mass is 32.2. The van der Waals surface area contributed by atoms with Crippen LogP contribution in [0, 0.1) is 0 Å². The van der Waals surface area contributed by atoms with Gasteiger partial charge in [-0.05, 0) is 86.7 Å². The van der Waals surface area contributed by atoms with E-state index in [0.29, 0.717) is 24.1 Å². The molecule has 2 fully saturated rings. The molecule has 2 saturated heterocycles. The zero-order valence-corrected chi connectivity index (χ0v) is 23.3. The Balaban J connectivity index is 1.33. The van der Waals surface area contributed by atoms with E-state index in [4.69, 9.17) is 4.74 Å². The first-order valence-electron chi connectivity index (χ1n) is 13.5. The molecule has 204 valence electrons. The Kier molecular flexibility index (Phi) is 7.26. The van der Waals surface area contributed by atoms with Gasteiger partial charge in [0.25, 0.3) is 0 Å². The molecule has 0 bridgehead atoms. The predicted octanol–water partition coefficient (Wildman–Crippen LogP) is 4.08. The second kappa shape index (κ2) is 10.3. The standard InChI is InChI=1S/C29H37N3O5S/c1-4-37-28(34)31-15-11-24(12-16-31)30-17-13-29(14-18-30)20-32(21(2)33)27-10-7-23(19-26(27)29)22-5-8-25(9-6-22)38(3,35)36/h5-10,19,24H,4,11-18,20H2,1-3H3. The van der Waals surface area contributed by atoms with E-state index in [2.05, 4.69) is 11.0 Å². The number of hydrogen-bond donors (Lipinski definition) is 0. The van der Waals surface area contributed by atoms with Gasteiger partial charge < -0.3 is 19.4 Å². The molecule has 38 heavy (non-hydrogen) atoms. The maximum Gasteiger partial charge on any atom is 0.409 e. The van der Waals surface area contributed by atoms with Crippen molar-refractivity contribution in [1.29, 1.82) is 0 Å². The average Bonchev–Trinajstić information content (AvgIpc) is 3.22. The lowest BCUT2D eigenvalue weighted by Gasteiger charge is -2.45. The van der Waals surface area contributed by atoms with Crippen molar-refractivity contribution in [2.45, 2.75) is 55.9 Å². The maximum absolute atomic E-state index is 12.6. The number of ether oxygens (including phenoxy) is 1. The molecule has 2 aromatic carbocycles. The summed E-state index contributed by atoms with van der Waals surface area (Å²) in [4.78, 5) is 31.3. The predicted molar refractivity (Wildman–Crippen MR) is 147 cm³/mol. The Morgan fingerprint density at radius 2 is 1.61 bits per heavy atom. The largest absolute Gasteiger partial charge is 0.450 e. The van der Waals surface area contributed by atoms with Crippen molar-refractivity contribution in [2.75, 3.05) is 50.5 Å². The van der Waals surface area contributed by atoms with Gasteiger partial charge in [-0.25, -0.2) is 13.2 Å². The normalized spacial score (nSPS) is 20.0. The van der Waals surface area contributed by atoms with Crippen LogP contribution < -0.4 is 4.90 Å². The van der Waals surface area contributed by atoms with Crippen molar-refractivity contribution in [3.05, 3.63) is 48.0 Å². The lowest BCUT2D eigenvalue weighted by Crippen LogP contribution is -2.52. The highest BCUT2D eigenvalue weighted by Crippen LogP contribution is 2.48. The molecule has 3 heterocycles. The molecule has 3 aliphatic heterocycles. The Morgan fingerprint density at radius 1 is 0.974 bits per heavy atom. The molecule has 0 N–H and O–H groups in total. The second-order valence-corrected chi connectivity index (χ2v) is 12.9. The summed E-state index contributed by atoms with van der Waals surface area (Å²) in [7, 11) is -3.25. The molecule has 8 nitrogen and oxygen atoms in total. The van der Waals surface area contributed by atoms with E-state index >= 15 is 0 Å². The smallest absolute Gasteiger partial charge is 0.409 e. The van der Waals surface area contributed by atoms with Crippen LogP contribution in [0.2, 0.25) is 0 Å². The number of rotatable bonds is 4. The van der Waals surface area contributed by atoms with Crippen LogP contribution in [0.1, 0.15) is 45.1 Å². The molecular formula is C29H37N3O5S. The Labute approximate surface area is 225 Å². The monoisotopic (exact) mass is 539 g/mol. The van der Waals surface area contributed by atoms with Crippen molar-refractivity contribution >= 4 is 27.5 Å². The number of anilines is 1. The van der Waals surface area contributed by atoms with E-state index in [-0.39, 0.29) is 17.4 Å². The molecule has 0 radical (unpaired) electrons. The number of nitrogens with zero attached hydrogens (tertiary/aromatic N) is 3. The van der Waals surface area contributed by atoms with Crippen molar-refractivity contribution < 1.29 is 22.7 Å². The number of carbonyl (C=O) groups excluding carboxylic acids is 2. The number of carbonyl (C=O) groups is 2. The lowest BCUT2D eigenvalue weighted by atomic mass is 9.73. The van der Waals surface area contributed by atoms with Crippen LogP contribution in [0.15, 0.2) is 47.4 Å². The third-order valence-electron chi connectivity index (χ3n) is 8.58. The Hall–Kier alpha value is -2.91. The van der Waals surface area contributed by atoms with Crippen LogP contribution >= 0.6 is 0 Å². The van der Waals surface area contributed by atoms with Crippen LogP contribution in [0.25, 0.3) is 11.1 Å². The molecule has 0 atom stereocenters. The number of likely N-dealkylation sites (tertiary alicyclic amines) is 2. The third kappa shape index (κ3) is 5.06. The summed E-state index contributed by atoms with van der Waals surface area (Å²) in [5.74, 6) is 0.0575. The summed E-state index contributed by atoms with van der Waals surface area (Å²) in [5, 5.41) is 0. The van der Waals surface area contributed by atoms with Gasteiger partial charge in [-0.2, -0.15) is 0 Å². The number of benzene rings is 2. The van der Waals surface area contributed by atoms with Crippen LogP contribution in [0.3, 0.4) is 0 Å². The van der Waals surface area contributed by atoms with Gasteiger partial charge in [-0.1, -0.05) is 18.2 Å². The van der Waals surface area contributed by atoms with E-state index in [0.717, 1.165) is 68.7 Å². The first kappa shape index (κ1) is 26.7. The minimum Gasteiger partial charge on any atom is -0.450 e. The zero-order chi connectivity index (χ0) is 27.1. The number of fused-ring (bicyclic) bond motifs is 2. The second-order valence-electron chi connectivity index (χ2n) is 10.9. The fraction of sp³-hybridized carbons (Fsp3) is 0.517. The van der Waals surface area contributed by atoms with Crippen LogP contribution in [0.5, 0.6) is 0 Å². The zero-order valence-electron chi connectivity index (χ0n) is 22.5. The van der Waals surface area contributed by atoms with E-state index in [9.17, 15) is 18.0 Å². The molecule has 9 heteroatoms. The number of amides is 2. The molecule has 2 aromatic rings. The van der Waals surface area contributed by atoms with Gasteiger partial charge in [-0.15, -0.1) is 0 Å². The van der Waals surface area contributed by atoms with Gasteiger partial charge >= 0.3 is 6.09 Å². The quantitative estimate of drug-likeness (QED) is 0.582. The van der Waals surface area contributed by atoms with Crippen LogP contribution in [0.4, 0.5) is 10.5 Å². The van der Waals surface area contributed by atoms with E-state index in [1.165, 1.54) is 11.8 Å². The summed E-state index contributed by atoms with van der Waals surface area (Å²) < 4.78 is 28.9. The summed E-state index contributed by atoms with van der Waals surface area (Å²) >= 11 is 0. The van der Waals surface area contributed by atoms with Crippen LogP contribution in [-0.2, 0) is 24.8 Å². The van der Waals surface area contributed by atoms with Gasteiger partial charge in [0.15, 0.2) is 9.84 Å². The molecule has 0 aromatic heterocycles. The summed E-state index contributed by atoms with van der Waals surface area (Å²) in [5.41, 5.74) is 4.11. The Morgan fingerprint density at radius 3 is 2.18 bits per heavy atom. The number of hydrogen-bond acceptors (Lipinski definition) is 6. The van der Waals surface area contributed by atoms with Gasteiger partial charge in [0.05, 0.1) is 11.5 Å². The maximum atomic E-state index is 12.6. The SMILES string of the molecule is CCOC(=O)N1CCC(N2CCC3(CC2)CN(C(C)=O)c2ccc(-c4ccc(S(C)(=O)=O)cc4)cc23)CC1. The fourth-order valence-corrected chi connectivity index (χ4v) is 7.03. The van der Waals surface area contributed by atoms with Crippen LogP contribution in [-0.4, -0.2) is 81.8 Å². The molecule has 5 rings (SSSR count). The fourth-order valence-electron chi connectivity index (χ4n) is 6.40. The highest BCUT2D eigenvalue weighted by Gasteiger charge is 2.46. The first-order valence-corrected chi connectivity index (χ1v) is 15.4. The summed E-state index contributed by atoms with van der Waals surface area (Å²) in [6, 6.07) is 13.8. The van der Waals surface area contributed by atoms with Crippen molar-refractivity contribution in [1.82, 2.24) is 9.80 Å². The Bertz CT molecular complexity index is 1310. The van der Waals surface area contributed by atoms with E-state index in [1.807, 2.05) is 41.0 Å². The van der Waals surface area contributed by atoms with E-state index < -0.39 is 9.84 Å². The first-order chi connectivity index (χ1) is 18.1. The topological polar surface area (TPSA) is 87.2 Å². The number of piperidine rings is 2. The molecular weight excluding hydrogens is 502 g/mol.